The molecule has 4 aliphatic heterocycles. The van der Waals surface area contributed by atoms with Gasteiger partial charge in [0.2, 0.25) is 0 Å². The molecule has 90 heavy (non-hydrogen) atoms. The Bertz CT molecular complexity index is 4160. The number of rotatable bonds is 14. The Morgan fingerprint density at radius 1 is 0.500 bits per heavy atom. The van der Waals surface area contributed by atoms with Crippen molar-refractivity contribution >= 4 is 53.2 Å². The van der Waals surface area contributed by atoms with Crippen LogP contribution in [-0.4, -0.2) is 160 Å². The lowest BCUT2D eigenvalue weighted by molar-refractivity contribution is -0.125. The molecule has 0 saturated heterocycles. The van der Waals surface area contributed by atoms with Crippen LogP contribution >= 0.6 is 0 Å². The van der Waals surface area contributed by atoms with E-state index >= 15 is 0 Å². The fraction of sp³-hybridized carbons (Fsp3) is 0.303. The number of amides is 4. The summed E-state index contributed by atoms with van der Waals surface area (Å²) in [6.45, 7) is 4.65. The van der Waals surface area contributed by atoms with E-state index in [1.807, 2.05) is 56.3 Å². The Hall–Kier alpha value is -11.1. The van der Waals surface area contributed by atoms with Crippen molar-refractivity contribution in [2.24, 2.45) is 5.92 Å². The number of carbonyl (C=O) groups excluding carboxylic acids is 8. The lowest BCUT2D eigenvalue weighted by atomic mass is 9.94. The zero-order chi connectivity index (χ0) is 63.7. The molecule has 3 aromatic carbocycles. The highest BCUT2D eigenvalue weighted by molar-refractivity contribution is 6.07. The number of aryl methyl sites for hydroxylation is 2. The molecular weight excluding hydrogens is 1150 g/mol. The van der Waals surface area contributed by atoms with E-state index in [2.05, 4.69) is 31.8 Å². The number of aromatic nitrogens is 8. The van der Waals surface area contributed by atoms with Crippen LogP contribution in [0.2, 0.25) is 0 Å². The number of allylic oxidation sites excluding steroid dienone is 2. The maximum absolute atomic E-state index is 13.1. The van der Waals surface area contributed by atoms with Crippen LogP contribution < -0.4 is 0 Å². The molecule has 4 aromatic heterocycles. The molecule has 5 aliphatic rings. The molecule has 24 nitrogen and oxygen atoms in total. The van der Waals surface area contributed by atoms with E-state index in [-0.39, 0.29) is 118 Å². The van der Waals surface area contributed by atoms with Crippen molar-refractivity contribution in [3.63, 3.8) is 0 Å². The molecule has 0 bridgehead atoms. The minimum atomic E-state index is -0.663. The monoisotopic (exact) mass is 1210 g/mol. The fourth-order valence-electron chi connectivity index (χ4n) is 11.3. The lowest BCUT2D eigenvalue weighted by Crippen LogP contribution is -2.27. The highest BCUT2D eigenvalue weighted by Gasteiger charge is 2.35. The summed E-state index contributed by atoms with van der Waals surface area (Å²) in [5, 5.41) is 0. The minimum absolute atomic E-state index is 0.00466. The van der Waals surface area contributed by atoms with Crippen molar-refractivity contribution in [2.45, 2.75) is 72.1 Å². The molecule has 458 valence electrons. The van der Waals surface area contributed by atoms with Gasteiger partial charge in [-0.25, -0.2) is 39.1 Å². The Kier molecular flexibility index (Phi) is 17.0. The summed E-state index contributed by atoms with van der Waals surface area (Å²) in [7, 11) is 6.65. The first kappa shape index (κ1) is 60.5. The number of terminal acetylenes is 2. The second kappa shape index (κ2) is 25.3. The minimum Gasteiger partial charge on any atom is -0.461 e. The number of ether oxygens (including phenoxy) is 4. The zero-order valence-electron chi connectivity index (χ0n) is 50.4. The average Bonchev–Trinajstić information content (AvgIpc) is 1.72. The van der Waals surface area contributed by atoms with E-state index in [1.165, 1.54) is 35.1 Å². The van der Waals surface area contributed by atoms with Gasteiger partial charge in [0.05, 0.1) is 120 Å². The molecule has 8 heterocycles. The first-order valence-electron chi connectivity index (χ1n) is 29.1. The van der Waals surface area contributed by atoms with E-state index < -0.39 is 23.9 Å². The summed E-state index contributed by atoms with van der Waals surface area (Å²) < 4.78 is 28.7. The van der Waals surface area contributed by atoms with Gasteiger partial charge in [-0.1, -0.05) is 50.0 Å². The molecule has 1 atom stereocenters. The van der Waals surface area contributed by atoms with E-state index in [1.54, 1.807) is 80.5 Å². The summed E-state index contributed by atoms with van der Waals surface area (Å²) in [5.41, 5.74) is 9.74. The Morgan fingerprint density at radius 3 is 1.23 bits per heavy atom. The third-order valence-corrected chi connectivity index (χ3v) is 16.2. The van der Waals surface area contributed by atoms with E-state index in [0.717, 1.165) is 24.0 Å². The predicted octanol–water partition coefficient (Wildman–Crippen LogP) is 6.19. The molecule has 1 unspecified atom stereocenters. The Morgan fingerprint density at radius 2 is 0.856 bits per heavy atom. The fourth-order valence-corrected chi connectivity index (χ4v) is 11.3. The molecule has 0 spiro atoms. The van der Waals surface area contributed by atoms with Gasteiger partial charge in [0, 0.05) is 52.5 Å². The van der Waals surface area contributed by atoms with Gasteiger partial charge in [0.1, 0.15) is 25.3 Å². The normalized spacial score (nSPS) is 15.3. The summed E-state index contributed by atoms with van der Waals surface area (Å²) in [4.78, 5) is 127. The highest BCUT2D eigenvalue weighted by Crippen LogP contribution is 2.34. The number of likely N-dealkylation sites (N-methyl/N-ethyl adjacent to an activating group) is 1. The highest BCUT2D eigenvalue weighted by atomic mass is 16.6. The van der Waals surface area contributed by atoms with Gasteiger partial charge < -0.3 is 43.1 Å². The molecular formula is C66H62N12O12. The summed E-state index contributed by atoms with van der Waals surface area (Å²) >= 11 is 0. The molecule has 24 heteroatoms. The third-order valence-electron chi connectivity index (χ3n) is 16.2. The largest absolute Gasteiger partial charge is 0.461 e. The Balaban J connectivity index is 0.000000185. The molecule has 0 N–H and O–H groups in total. The number of esters is 4. The number of hydrogen-bond donors (Lipinski definition) is 0. The SMILES string of the molecule is C#Cc1ccc2c(c1)C(=O)N(C)Cc1c(C(=O)OCCCOC(=O)c3ncn4c3CN(C)C(=O)C3=CC(C#C)CC=C34)ncn1-2.CCc1ccc2c(c1)C(=O)N(C)Cc1c(C(=O)OCCCOC(=O)c3ncn4c3CN(C)C(=O)c3cc(CC)ccc3-4)ncn1-2. The van der Waals surface area contributed by atoms with Crippen LogP contribution in [0.4, 0.5) is 0 Å². The maximum Gasteiger partial charge on any atom is 0.358 e. The van der Waals surface area contributed by atoms with Crippen LogP contribution in [0, 0.1) is 30.6 Å². The van der Waals surface area contributed by atoms with Crippen LogP contribution in [0.25, 0.3) is 22.8 Å². The van der Waals surface area contributed by atoms with Crippen molar-refractivity contribution in [1.29, 1.82) is 0 Å². The smallest absolute Gasteiger partial charge is 0.358 e. The van der Waals surface area contributed by atoms with Crippen LogP contribution in [-0.2, 0) is 62.8 Å². The first-order valence-corrected chi connectivity index (χ1v) is 29.1. The van der Waals surface area contributed by atoms with Gasteiger partial charge in [-0.3, -0.25) is 32.9 Å². The van der Waals surface area contributed by atoms with Crippen molar-refractivity contribution < 1.29 is 57.3 Å². The van der Waals surface area contributed by atoms with Crippen molar-refractivity contribution in [2.75, 3.05) is 54.6 Å². The first-order chi connectivity index (χ1) is 43.4. The van der Waals surface area contributed by atoms with Gasteiger partial charge in [-0.2, -0.15) is 0 Å². The van der Waals surface area contributed by atoms with Gasteiger partial charge in [0.25, 0.3) is 23.6 Å². The van der Waals surface area contributed by atoms with Crippen LogP contribution in [0.15, 0.2) is 97.6 Å². The second-order valence-electron chi connectivity index (χ2n) is 22.0. The number of nitrogens with zero attached hydrogens (tertiary/aromatic N) is 12. The molecule has 0 fully saturated rings. The number of fused-ring (bicyclic) bond motifs is 12. The molecule has 12 rings (SSSR count). The molecule has 4 amide bonds. The van der Waals surface area contributed by atoms with Crippen molar-refractivity contribution in [1.82, 2.24) is 57.8 Å². The van der Waals surface area contributed by atoms with Crippen LogP contribution in [0.1, 0.15) is 146 Å². The molecule has 0 radical (unpaired) electrons. The Labute approximate surface area is 517 Å². The molecule has 7 aromatic rings. The number of imidazole rings is 4. The van der Waals surface area contributed by atoms with Gasteiger partial charge >= 0.3 is 23.9 Å². The standard InChI is InChI=1S/C33H34N6O6.C33H28N6O6/c2*1-5-20-8-10-24-22(14-20)30(40)36(3)16-26-28(34-18-38(24)26)32(42)44-12-7-13-45-33(43)29-27-17-37(4)31(41)23-15-21(6-2)9-11-25(23)39(27)19-35-29/h8-11,14-15,18-19H,5-7,12-13,16-17H2,1-4H3;1-2,8,10-11,14-15,18-19,21H,7,9,12-13,16-17H2,3-4H3. The van der Waals surface area contributed by atoms with Gasteiger partial charge in [-0.05, 0) is 72.9 Å². The van der Waals surface area contributed by atoms with Crippen LogP contribution in [0.3, 0.4) is 0 Å². The molecule has 1 aliphatic carbocycles. The predicted molar refractivity (Wildman–Crippen MR) is 323 cm³/mol. The van der Waals surface area contributed by atoms with Crippen LogP contribution in [0.5, 0.6) is 0 Å². The summed E-state index contributed by atoms with van der Waals surface area (Å²) in [5.74, 6) is 1.77. The zero-order valence-corrected chi connectivity index (χ0v) is 50.4. The van der Waals surface area contributed by atoms with E-state index in [4.69, 9.17) is 31.8 Å². The maximum atomic E-state index is 13.1. The third kappa shape index (κ3) is 11.4. The van der Waals surface area contributed by atoms with E-state index in [0.29, 0.717) is 79.8 Å². The topological polar surface area (TPSA) is 258 Å². The average molecular weight is 1220 g/mol. The van der Waals surface area contributed by atoms with Gasteiger partial charge in [-0.15, -0.1) is 12.8 Å². The summed E-state index contributed by atoms with van der Waals surface area (Å²) in [6, 6.07) is 16.5. The second-order valence-corrected chi connectivity index (χ2v) is 22.0. The lowest BCUT2D eigenvalue weighted by Gasteiger charge is -2.19. The number of hydrogen-bond acceptors (Lipinski definition) is 16. The quantitative estimate of drug-likeness (QED) is 0.0509. The van der Waals surface area contributed by atoms with Gasteiger partial charge in [0.15, 0.2) is 22.8 Å². The van der Waals surface area contributed by atoms with E-state index in [9.17, 15) is 38.4 Å². The van der Waals surface area contributed by atoms with Crippen molar-refractivity contribution in [3.05, 3.63) is 177 Å². The number of benzene rings is 3. The molecule has 0 saturated carbocycles. The number of carbonyl (C=O) groups is 8. The summed E-state index contributed by atoms with van der Waals surface area (Å²) in [6.07, 6.45) is 23.4. The van der Waals surface area contributed by atoms with Crippen molar-refractivity contribution in [3.8, 4) is 41.7 Å².